The number of carbonyl (C=O) groups is 2. The van der Waals surface area contributed by atoms with Crippen molar-refractivity contribution in [1.29, 1.82) is 0 Å². The van der Waals surface area contributed by atoms with Gasteiger partial charge in [0.25, 0.3) is 0 Å². The maximum absolute atomic E-state index is 12.2. The second-order valence-electron chi connectivity index (χ2n) is 6.25. The first-order valence-electron chi connectivity index (χ1n) is 8.49. The summed E-state index contributed by atoms with van der Waals surface area (Å²) in [6.45, 7) is 2.38. The number of halogens is 2. The molecule has 0 atom stereocenters. The Hall–Kier alpha value is -2.31. The number of nitrogens with zero attached hydrogens (tertiary/aromatic N) is 1. The molecule has 3 rings (SSSR count). The lowest BCUT2D eigenvalue weighted by Gasteiger charge is -2.10. The van der Waals surface area contributed by atoms with Gasteiger partial charge in [0, 0.05) is 39.9 Å². The summed E-state index contributed by atoms with van der Waals surface area (Å²) in [5.74, 6) is -0.298. The topological polar surface area (TPSA) is 63.1 Å². The van der Waals surface area contributed by atoms with Gasteiger partial charge in [0.05, 0.1) is 0 Å². The number of aryl methyl sites for hydroxylation is 1. The fraction of sp³-hybridized carbons (Fsp3) is 0.200. The number of amides is 2. The zero-order valence-corrected chi connectivity index (χ0v) is 17.1. The average Bonchev–Trinajstić information content (AvgIpc) is 3.00. The highest BCUT2D eigenvalue weighted by Gasteiger charge is 2.09. The molecule has 0 spiro atoms. The summed E-state index contributed by atoms with van der Waals surface area (Å²) in [5.41, 5.74) is 2.64. The first-order valence-corrected chi connectivity index (χ1v) is 9.66. The van der Waals surface area contributed by atoms with Crippen LogP contribution in [-0.2, 0) is 16.1 Å². The highest BCUT2D eigenvalue weighted by atomic mass is 79.9. The molecule has 7 heteroatoms. The molecule has 27 heavy (non-hydrogen) atoms. The van der Waals surface area contributed by atoms with Crippen molar-refractivity contribution < 1.29 is 9.59 Å². The molecule has 0 saturated heterocycles. The smallest absolute Gasteiger partial charge is 0.239 e. The van der Waals surface area contributed by atoms with Gasteiger partial charge in [-0.1, -0.05) is 39.7 Å². The highest BCUT2D eigenvalue weighted by Crippen LogP contribution is 2.21. The van der Waals surface area contributed by atoms with Crippen molar-refractivity contribution in [2.24, 2.45) is 0 Å². The van der Waals surface area contributed by atoms with Gasteiger partial charge in [0.1, 0.15) is 6.54 Å². The van der Waals surface area contributed by atoms with E-state index >= 15 is 0 Å². The molecule has 2 amide bonds. The lowest BCUT2D eigenvalue weighted by Crippen LogP contribution is -2.30. The number of fused-ring (bicyclic) bond motifs is 1. The first kappa shape index (κ1) is 19.5. The molecule has 3 aromatic rings. The zero-order chi connectivity index (χ0) is 19.4. The van der Waals surface area contributed by atoms with Crippen molar-refractivity contribution in [3.63, 3.8) is 0 Å². The van der Waals surface area contributed by atoms with Crippen LogP contribution in [0, 0.1) is 6.92 Å². The molecule has 0 bridgehead atoms. The van der Waals surface area contributed by atoms with E-state index in [-0.39, 0.29) is 31.3 Å². The standard InChI is InChI=1S/C20H19BrClN3O2/c1-13-2-4-15(21)10-17(13)24-19(26)6-8-23-20(27)12-25-9-7-14-3-5-16(22)11-18(14)25/h2-5,7,9-11H,6,8,12H2,1H3,(H,23,27)(H,24,26). The van der Waals surface area contributed by atoms with Crippen molar-refractivity contribution in [2.45, 2.75) is 19.9 Å². The number of rotatable bonds is 6. The Morgan fingerprint density at radius 1 is 1.11 bits per heavy atom. The lowest BCUT2D eigenvalue weighted by molar-refractivity contribution is -0.121. The van der Waals surface area contributed by atoms with Gasteiger partial charge in [0.15, 0.2) is 0 Å². The Bertz CT molecular complexity index is 1000. The number of carbonyl (C=O) groups excluding carboxylic acids is 2. The summed E-state index contributed by atoms with van der Waals surface area (Å²) in [6.07, 6.45) is 2.05. The Morgan fingerprint density at radius 2 is 1.93 bits per heavy atom. The van der Waals surface area contributed by atoms with E-state index in [1.165, 1.54) is 0 Å². The van der Waals surface area contributed by atoms with E-state index < -0.39 is 0 Å². The van der Waals surface area contributed by atoms with Crippen molar-refractivity contribution in [2.75, 3.05) is 11.9 Å². The molecular weight excluding hydrogens is 430 g/mol. The molecule has 0 aliphatic carbocycles. The van der Waals surface area contributed by atoms with Gasteiger partial charge >= 0.3 is 0 Å². The first-order chi connectivity index (χ1) is 12.9. The third-order valence-electron chi connectivity index (χ3n) is 4.20. The Kier molecular flexibility index (Phi) is 6.19. The predicted octanol–water partition coefficient (Wildman–Crippen LogP) is 4.51. The van der Waals surface area contributed by atoms with E-state index in [0.29, 0.717) is 5.02 Å². The molecule has 0 aliphatic heterocycles. The Morgan fingerprint density at radius 3 is 2.74 bits per heavy atom. The predicted molar refractivity (Wildman–Crippen MR) is 112 cm³/mol. The van der Waals surface area contributed by atoms with E-state index in [9.17, 15) is 9.59 Å². The van der Waals surface area contributed by atoms with E-state index in [2.05, 4.69) is 26.6 Å². The van der Waals surface area contributed by atoms with E-state index in [0.717, 1.165) is 26.6 Å². The second-order valence-corrected chi connectivity index (χ2v) is 7.61. The van der Waals surface area contributed by atoms with Crippen LogP contribution in [0.2, 0.25) is 5.02 Å². The molecule has 0 unspecified atom stereocenters. The van der Waals surface area contributed by atoms with Crippen LogP contribution in [0.25, 0.3) is 10.9 Å². The van der Waals surface area contributed by atoms with Crippen LogP contribution in [0.5, 0.6) is 0 Å². The Labute approximate surface area is 170 Å². The third kappa shape index (κ3) is 5.11. The van der Waals surface area contributed by atoms with Crippen LogP contribution in [-0.4, -0.2) is 22.9 Å². The highest BCUT2D eigenvalue weighted by molar-refractivity contribution is 9.10. The number of hydrogen-bond donors (Lipinski definition) is 2. The van der Waals surface area contributed by atoms with Gasteiger partial charge in [-0.05, 0) is 48.2 Å². The van der Waals surface area contributed by atoms with Crippen LogP contribution in [0.3, 0.4) is 0 Å². The van der Waals surface area contributed by atoms with Gasteiger partial charge in [-0.2, -0.15) is 0 Å². The molecule has 1 heterocycles. The van der Waals surface area contributed by atoms with Gasteiger partial charge in [-0.25, -0.2) is 0 Å². The number of aromatic nitrogens is 1. The van der Waals surface area contributed by atoms with Gasteiger partial charge in [-0.3, -0.25) is 9.59 Å². The normalized spacial score (nSPS) is 10.8. The van der Waals surface area contributed by atoms with Crippen molar-refractivity contribution in [1.82, 2.24) is 9.88 Å². The van der Waals surface area contributed by atoms with Gasteiger partial charge < -0.3 is 15.2 Å². The maximum atomic E-state index is 12.2. The molecule has 1 aromatic heterocycles. The zero-order valence-electron chi connectivity index (χ0n) is 14.8. The van der Waals surface area contributed by atoms with Gasteiger partial charge in [-0.15, -0.1) is 0 Å². The summed E-state index contributed by atoms with van der Waals surface area (Å²) >= 11 is 9.42. The quantitative estimate of drug-likeness (QED) is 0.583. The summed E-state index contributed by atoms with van der Waals surface area (Å²) < 4.78 is 2.73. The average molecular weight is 449 g/mol. The molecule has 0 saturated carbocycles. The summed E-state index contributed by atoms with van der Waals surface area (Å²) in [7, 11) is 0. The minimum atomic E-state index is -0.154. The summed E-state index contributed by atoms with van der Waals surface area (Å²) in [4.78, 5) is 24.3. The van der Waals surface area contributed by atoms with Crippen LogP contribution in [0.1, 0.15) is 12.0 Å². The molecule has 140 valence electrons. The van der Waals surface area contributed by atoms with E-state index in [1.54, 1.807) is 0 Å². The van der Waals surface area contributed by atoms with Crippen molar-refractivity contribution in [3.8, 4) is 0 Å². The second kappa shape index (κ2) is 8.59. The van der Waals surface area contributed by atoms with Crippen LogP contribution >= 0.6 is 27.5 Å². The van der Waals surface area contributed by atoms with E-state index in [4.69, 9.17) is 11.6 Å². The fourth-order valence-electron chi connectivity index (χ4n) is 2.76. The monoisotopic (exact) mass is 447 g/mol. The molecule has 0 fully saturated rings. The van der Waals surface area contributed by atoms with Crippen LogP contribution in [0.15, 0.2) is 53.1 Å². The third-order valence-corrected chi connectivity index (χ3v) is 4.93. The number of benzene rings is 2. The Balaban J connectivity index is 1.49. The molecular formula is C20H19BrClN3O2. The number of anilines is 1. The molecule has 0 aliphatic rings. The molecule has 0 radical (unpaired) electrons. The summed E-state index contributed by atoms with van der Waals surface area (Å²) in [5, 5.41) is 7.29. The molecule has 2 aromatic carbocycles. The fourth-order valence-corrected chi connectivity index (χ4v) is 3.29. The van der Waals surface area contributed by atoms with Crippen molar-refractivity contribution >= 4 is 55.9 Å². The largest absolute Gasteiger partial charge is 0.354 e. The van der Waals surface area contributed by atoms with Crippen molar-refractivity contribution in [3.05, 3.63) is 63.7 Å². The van der Waals surface area contributed by atoms with Crippen LogP contribution in [0.4, 0.5) is 5.69 Å². The molecule has 2 N–H and O–H groups in total. The van der Waals surface area contributed by atoms with Crippen LogP contribution < -0.4 is 10.6 Å². The maximum Gasteiger partial charge on any atom is 0.239 e. The lowest BCUT2D eigenvalue weighted by atomic mass is 10.2. The number of nitrogens with one attached hydrogen (secondary N) is 2. The minimum Gasteiger partial charge on any atom is -0.354 e. The van der Waals surface area contributed by atoms with E-state index in [1.807, 2.05) is 60.2 Å². The number of hydrogen-bond acceptors (Lipinski definition) is 2. The van der Waals surface area contributed by atoms with Gasteiger partial charge in [0.2, 0.25) is 11.8 Å². The summed E-state index contributed by atoms with van der Waals surface area (Å²) in [6, 6.07) is 13.2. The SMILES string of the molecule is Cc1ccc(Br)cc1NC(=O)CCNC(=O)Cn1ccc2ccc(Cl)cc21. The molecule has 5 nitrogen and oxygen atoms in total. The minimum absolute atomic E-state index is 0.144.